The lowest BCUT2D eigenvalue weighted by molar-refractivity contribution is 0.215. The summed E-state index contributed by atoms with van der Waals surface area (Å²) in [5.74, 6) is 1.27. The zero-order chi connectivity index (χ0) is 14.9. The Balaban J connectivity index is 1.36. The van der Waals surface area contributed by atoms with E-state index in [1.807, 2.05) is 24.3 Å². The number of aromatic nitrogens is 2. The predicted octanol–water partition coefficient (Wildman–Crippen LogP) is 3.39. The van der Waals surface area contributed by atoms with E-state index >= 15 is 0 Å². The zero-order valence-electron chi connectivity index (χ0n) is 11.8. The number of halogens is 1. The lowest BCUT2D eigenvalue weighted by Crippen LogP contribution is -2.49. The minimum Gasteiger partial charge on any atom is -0.492 e. The first kappa shape index (κ1) is 13.4. The fourth-order valence-electron chi connectivity index (χ4n) is 2.50. The Bertz CT molecular complexity index is 784. The average Bonchev–Trinajstić information content (AvgIpc) is 2.89. The molecule has 5 nitrogen and oxygen atoms in total. The van der Waals surface area contributed by atoms with Crippen LogP contribution >= 0.6 is 11.6 Å². The highest BCUT2D eigenvalue weighted by molar-refractivity contribution is 6.31. The number of anilines is 1. The van der Waals surface area contributed by atoms with Crippen molar-refractivity contribution in [3.05, 3.63) is 47.7 Å². The lowest BCUT2D eigenvalue weighted by Gasteiger charge is -2.37. The number of hydrogen-bond acceptors (Lipinski definition) is 5. The summed E-state index contributed by atoms with van der Waals surface area (Å²) in [5.41, 5.74) is 1.55. The summed E-state index contributed by atoms with van der Waals surface area (Å²) in [6.07, 6.45) is 3.46. The smallest absolute Gasteiger partial charge is 0.298 e. The molecule has 22 heavy (non-hydrogen) atoms. The van der Waals surface area contributed by atoms with Crippen molar-refractivity contribution in [1.82, 2.24) is 9.97 Å². The van der Waals surface area contributed by atoms with Gasteiger partial charge in [-0.05, 0) is 30.3 Å². The van der Waals surface area contributed by atoms with Crippen molar-refractivity contribution in [2.45, 2.75) is 0 Å². The molecule has 0 unspecified atom stereocenters. The van der Waals surface area contributed by atoms with Gasteiger partial charge in [-0.1, -0.05) is 11.6 Å². The van der Waals surface area contributed by atoms with E-state index in [2.05, 4.69) is 14.9 Å². The Morgan fingerprint density at radius 1 is 1.32 bits per heavy atom. The number of pyridine rings is 1. The molecule has 1 aliphatic rings. The van der Waals surface area contributed by atoms with Crippen molar-refractivity contribution in [3.63, 3.8) is 0 Å². The molecular weight excluding hydrogens is 302 g/mol. The van der Waals surface area contributed by atoms with Gasteiger partial charge in [-0.15, -0.1) is 0 Å². The van der Waals surface area contributed by atoms with Gasteiger partial charge >= 0.3 is 0 Å². The summed E-state index contributed by atoms with van der Waals surface area (Å²) < 4.78 is 11.5. The first-order valence-corrected chi connectivity index (χ1v) is 7.49. The van der Waals surface area contributed by atoms with E-state index in [0.717, 1.165) is 29.9 Å². The van der Waals surface area contributed by atoms with E-state index in [0.29, 0.717) is 23.6 Å². The minimum atomic E-state index is 0.471. The van der Waals surface area contributed by atoms with Crippen LogP contribution in [0.5, 0.6) is 5.75 Å². The monoisotopic (exact) mass is 315 g/mol. The Hall–Kier alpha value is -2.27. The molecule has 3 heterocycles. The van der Waals surface area contributed by atoms with Crippen molar-refractivity contribution in [1.29, 1.82) is 0 Å². The fraction of sp³-hybridized carbons (Fsp3) is 0.250. The molecule has 1 aromatic carbocycles. The summed E-state index contributed by atoms with van der Waals surface area (Å²) in [4.78, 5) is 10.6. The maximum atomic E-state index is 5.96. The van der Waals surface area contributed by atoms with Crippen LogP contribution in [0.2, 0.25) is 5.02 Å². The Morgan fingerprint density at radius 3 is 3.05 bits per heavy atom. The van der Waals surface area contributed by atoms with Crippen molar-refractivity contribution in [2.75, 3.05) is 24.6 Å². The number of nitrogens with zero attached hydrogens (tertiary/aromatic N) is 3. The molecule has 6 heteroatoms. The van der Waals surface area contributed by atoms with E-state index in [9.17, 15) is 0 Å². The van der Waals surface area contributed by atoms with Crippen molar-refractivity contribution >= 4 is 28.7 Å². The number of oxazole rings is 1. The number of ether oxygens (including phenoxy) is 1. The van der Waals surface area contributed by atoms with Crippen LogP contribution in [0.1, 0.15) is 0 Å². The van der Waals surface area contributed by atoms with Gasteiger partial charge in [0.05, 0.1) is 12.8 Å². The topological polar surface area (TPSA) is 51.4 Å². The molecule has 0 spiro atoms. The maximum absolute atomic E-state index is 5.96. The molecule has 2 aromatic heterocycles. The average molecular weight is 316 g/mol. The molecule has 4 rings (SSSR count). The Labute approximate surface area is 132 Å². The van der Waals surface area contributed by atoms with Crippen molar-refractivity contribution < 1.29 is 9.15 Å². The second-order valence-electron chi connectivity index (χ2n) is 5.38. The van der Waals surface area contributed by atoms with Crippen molar-refractivity contribution in [2.24, 2.45) is 5.92 Å². The number of benzene rings is 1. The second kappa shape index (κ2) is 5.50. The van der Waals surface area contributed by atoms with Gasteiger partial charge in [0.1, 0.15) is 11.3 Å². The summed E-state index contributed by atoms with van der Waals surface area (Å²) in [7, 11) is 0. The normalized spacial score (nSPS) is 15.0. The summed E-state index contributed by atoms with van der Waals surface area (Å²) in [6.45, 7) is 2.43. The molecule has 112 valence electrons. The molecule has 0 bridgehead atoms. The van der Waals surface area contributed by atoms with Gasteiger partial charge in [-0.25, -0.2) is 0 Å². The minimum absolute atomic E-state index is 0.471. The van der Waals surface area contributed by atoms with Crippen LogP contribution in [-0.2, 0) is 0 Å². The molecule has 0 N–H and O–H groups in total. The second-order valence-corrected chi connectivity index (χ2v) is 5.82. The molecule has 3 aromatic rings. The zero-order valence-corrected chi connectivity index (χ0v) is 12.5. The van der Waals surface area contributed by atoms with Gasteiger partial charge in [0.15, 0.2) is 5.58 Å². The maximum Gasteiger partial charge on any atom is 0.298 e. The third-order valence-electron chi connectivity index (χ3n) is 3.69. The van der Waals surface area contributed by atoms with E-state index in [4.69, 9.17) is 20.8 Å². The number of rotatable bonds is 4. The first-order chi connectivity index (χ1) is 10.8. The highest BCUT2D eigenvalue weighted by Crippen LogP contribution is 2.29. The first-order valence-electron chi connectivity index (χ1n) is 7.12. The fourth-order valence-corrected chi connectivity index (χ4v) is 2.67. The largest absolute Gasteiger partial charge is 0.492 e. The van der Waals surface area contributed by atoms with E-state index in [1.54, 1.807) is 18.5 Å². The summed E-state index contributed by atoms with van der Waals surface area (Å²) in [5, 5.41) is 0.665. The quantitative estimate of drug-likeness (QED) is 0.738. The van der Waals surface area contributed by atoms with Crippen LogP contribution in [0.25, 0.3) is 11.1 Å². The van der Waals surface area contributed by atoms with E-state index in [1.165, 1.54) is 0 Å². The molecule has 0 radical (unpaired) electrons. The third-order valence-corrected chi connectivity index (χ3v) is 3.92. The molecular formula is C16H14ClN3O2. The molecule has 1 fully saturated rings. The highest BCUT2D eigenvalue weighted by atomic mass is 35.5. The summed E-state index contributed by atoms with van der Waals surface area (Å²) >= 11 is 5.96. The molecule has 0 amide bonds. The molecule has 0 aliphatic carbocycles. The van der Waals surface area contributed by atoms with Crippen LogP contribution < -0.4 is 9.64 Å². The third kappa shape index (κ3) is 2.60. The van der Waals surface area contributed by atoms with Gasteiger partial charge in [-0.3, -0.25) is 4.98 Å². The Kier molecular flexibility index (Phi) is 3.35. The van der Waals surface area contributed by atoms with Gasteiger partial charge < -0.3 is 14.1 Å². The Morgan fingerprint density at radius 2 is 2.23 bits per heavy atom. The standard InChI is InChI=1S/C16H14ClN3O2/c17-12-3-4-15-14(6-12)19-16(22-15)20-8-11(9-20)10-21-13-2-1-5-18-7-13/h1-7,11H,8-10H2. The van der Waals surface area contributed by atoms with Crippen molar-refractivity contribution in [3.8, 4) is 5.75 Å². The van der Waals surface area contributed by atoms with Gasteiger partial charge in [-0.2, -0.15) is 4.98 Å². The molecule has 0 saturated carbocycles. The lowest BCUT2D eigenvalue weighted by atomic mass is 10.0. The van der Waals surface area contributed by atoms with Crippen LogP contribution in [-0.4, -0.2) is 29.7 Å². The van der Waals surface area contributed by atoms with Crippen LogP contribution in [0, 0.1) is 5.92 Å². The van der Waals surface area contributed by atoms with Gasteiger partial charge in [0.25, 0.3) is 6.01 Å². The van der Waals surface area contributed by atoms with Gasteiger partial charge in [0.2, 0.25) is 0 Å². The molecule has 1 saturated heterocycles. The number of hydrogen-bond donors (Lipinski definition) is 0. The number of fused-ring (bicyclic) bond motifs is 1. The molecule has 0 atom stereocenters. The highest BCUT2D eigenvalue weighted by Gasteiger charge is 2.30. The predicted molar refractivity (Wildman–Crippen MR) is 84.5 cm³/mol. The van der Waals surface area contributed by atoms with Gasteiger partial charge in [0, 0.05) is 30.2 Å². The summed E-state index contributed by atoms with van der Waals surface area (Å²) in [6, 6.07) is 9.89. The molecule has 1 aliphatic heterocycles. The van der Waals surface area contributed by atoms with E-state index < -0.39 is 0 Å². The SMILES string of the molecule is Clc1ccc2oc(N3CC(COc4cccnc4)C3)nc2c1. The van der Waals surface area contributed by atoms with E-state index in [-0.39, 0.29) is 0 Å². The van der Waals surface area contributed by atoms with Crippen LogP contribution in [0.3, 0.4) is 0 Å². The van der Waals surface area contributed by atoms with Crippen LogP contribution in [0.4, 0.5) is 6.01 Å². The van der Waals surface area contributed by atoms with Crippen LogP contribution in [0.15, 0.2) is 47.1 Å².